The van der Waals surface area contributed by atoms with Crippen molar-refractivity contribution in [2.24, 2.45) is 0 Å². The SMILES string of the molecule is OC(c1ccccc1C(F)(F)F)c1cc(Cl)sc1Cl. The van der Waals surface area contributed by atoms with Crippen LogP contribution >= 0.6 is 34.5 Å². The zero-order valence-electron chi connectivity index (χ0n) is 9.21. The maximum absolute atomic E-state index is 12.9. The van der Waals surface area contributed by atoms with Crippen LogP contribution in [0.4, 0.5) is 13.2 Å². The molecular weight excluding hydrogens is 320 g/mol. The summed E-state index contributed by atoms with van der Waals surface area (Å²) in [6.07, 6.45) is -6.00. The third-order valence-electron chi connectivity index (χ3n) is 2.54. The molecule has 1 aromatic carbocycles. The summed E-state index contributed by atoms with van der Waals surface area (Å²) in [4.78, 5) is 0. The number of benzene rings is 1. The van der Waals surface area contributed by atoms with Gasteiger partial charge in [-0.15, -0.1) is 11.3 Å². The Morgan fingerprint density at radius 2 is 1.74 bits per heavy atom. The van der Waals surface area contributed by atoms with Crippen LogP contribution in [0.3, 0.4) is 0 Å². The maximum atomic E-state index is 12.9. The van der Waals surface area contributed by atoms with Crippen LogP contribution in [0.1, 0.15) is 22.8 Å². The molecule has 7 heteroatoms. The predicted molar refractivity (Wildman–Crippen MR) is 69.8 cm³/mol. The lowest BCUT2D eigenvalue weighted by atomic mass is 9.98. The molecule has 1 unspecified atom stereocenters. The van der Waals surface area contributed by atoms with Gasteiger partial charge in [-0.2, -0.15) is 13.2 Å². The van der Waals surface area contributed by atoms with E-state index in [1.807, 2.05) is 0 Å². The summed E-state index contributed by atoms with van der Waals surface area (Å²) in [7, 11) is 0. The fourth-order valence-electron chi connectivity index (χ4n) is 1.70. The Labute approximate surface area is 121 Å². The van der Waals surface area contributed by atoms with E-state index in [1.54, 1.807) is 0 Å². The van der Waals surface area contributed by atoms with E-state index in [0.717, 1.165) is 17.4 Å². The minimum atomic E-state index is -4.54. The van der Waals surface area contributed by atoms with Crippen molar-refractivity contribution in [1.82, 2.24) is 0 Å². The van der Waals surface area contributed by atoms with Gasteiger partial charge in [0.2, 0.25) is 0 Å². The van der Waals surface area contributed by atoms with Gasteiger partial charge >= 0.3 is 6.18 Å². The van der Waals surface area contributed by atoms with E-state index in [-0.39, 0.29) is 15.5 Å². The van der Waals surface area contributed by atoms with Gasteiger partial charge in [-0.25, -0.2) is 0 Å². The smallest absolute Gasteiger partial charge is 0.384 e. The average molecular weight is 327 g/mol. The second-order valence-electron chi connectivity index (χ2n) is 3.77. The summed E-state index contributed by atoms with van der Waals surface area (Å²) in [5, 5.41) is 10.1. The fraction of sp³-hybridized carbons (Fsp3) is 0.167. The van der Waals surface area contributed by atoms with E-state index in [9.17, 15) is 18.3 Å². The molecule has 2 aromatic rings. The zero-order valence-corrected chi connectivity index (χ0v) is 11.5. The molecule has 0 aliphatic heterocycles. The number of rotatable bonds is 2. The van der Waals surface area contributed by atoms with Gasteiger partial charge in [-0.3, -0.25) is 0 Å². The third-order valence-corrected chi connectivity index (χ3v) is 4.06. The van der Waals surface area contributed by atoms with Crippen molar-refractivity contribution in [3.63, 3.8) is 0 Å². The van der Waals surface area contributed by atoms with Crippen LogP contribution in [0.2, 0.25) is 8.67 Å². The molecule has 1 nitrogen and oxygen atoms in total. The van der Waals surface area contributed by atoms with Gasteiger partial charge in [-0.05, 0) is 17.7 Å². The number of hydrogen-bond donors (Lipinski definition) is 1. The van der Waals surface area contributed by atoms with Gasteiger partial charge in [0.05, 0.1) is 9.90 Å². The first kappa shape index (κ1) is 14.7. The molecule has 0 saturated heterocycles. The van der Waals surface area contributed by atoms with Crippen molar-refractivity contribution in [3.8, 4) is 0 Å². The lowest BCUT2D eigenvalue weighted by molar-refractivity contribution is -0.139. The monoisotopic (exact) mass is 326 g/mol. The Morgan fingerprint density at radius 3 is 2.26 bits per heavy atom. The Kier molecular flexibility index (Phi) is 4.11. The van der Waals surface area contributed by atoms with Crippen LogP contribution in [0.15, 0.2) is 30.3 Å². The van der Waals surface area contributed by atoms with Gasteiger partial charge in [-0.1, -0.05) is 41.4 Å². The quantitative estimate of drug-likeness (QED) is 0.808. The topological polar surface area (TPSA) is 20.2 Å². The molecule has 1 heterocycles. The molecule has 0 saturated carbocycles. The first-order valence-electron chi connectivity index (χ1n) is 5.09. The standard InChI is InChI=1S/C12H7Cl2F3OS/c13-9-5-7(11(14)19-9)10(18)6-3-1-2-4-8(6)12(15,16)17/h1-5,10,18H. The Bertz CT molecular complexity index is 595. The molecule has 0 bridgehead atoms. The Hall–Kier alpha value is -0.750. The Morgan fingerprint density at radius 1 is 1.11 bits per heavy atom. The predicted octanol–water partition coefficient (Wildman–Crippen LogP) is 5.16. The van der Waals surface area contributed by atoms with Gasteiger partial charge in [0.25, 0.3) is 0 Å². The van der Waals surface area contributed by atoms with Crippen LogP contribution in [0.5, 0.6) is 0 Å². The van der Waals surface area contributed by atoms with E-state index in [4.69, 9.17) is 23.2 Å². The highest BCUT2D eigenvalue weighted by molar-refractivity contribution is 7.20. The number of aliphatic hydroxyl groups excluding tert-OH is 1. The van der Waals surface area contributed by atoms with Gasteiger partial charge < -0.3 is 5.11 Å². The van der Waals surface area contributed by atoms with Gasteiger partial charge in [0, 0.05) is 5.56 Å². The largest absolute Gasteiger partial charge is 0.416 e. The van der Waals surface area contributed by atoms with Crippen molar-refractivity contribution in [1.29, 1.82) is 0 Å². The molecule has 102 valence electrons. The molecule has 0 aliphatic rings. The van der Waals surface area contributed by atoms with Crippen LogP contribution in [-0.2, 0) is 6.18 Å². The number of alkyl halides is 3. The minimum absolute atomic E-state index is 0.174. The first-order valence-corrected chi connectivity index (χ1v) is 6.67. The normalized spacial score (nSPS) is 13.6. The summed E-state index contributed by atoms with van der Waals surface area (Å²) in [6, 6.07) is 6.19. The number of hydrogen-bond acceptors (Lipinski definition) is 2. The second-order valence-corrected chi connectivity index (χ2v) is 6.05. The number of thiophene rings is 1. The molecule has 2 rings (SSSR count). The lowest BCUT2D eigenvalue weighted by Gasteiger charge is -2.17. The second kappa shape index (κ2) is 5.32. The molecule has 1 aromatic heterocycles. The molecule has 0 spiro atoms. The third kappa shape index (κ3) is 3.05. The summed E-state index contributed by atoms with van der Waals surface area (Å²) in [5.74, 6) is 0. The molecule has 1 atom stereocenters. The maximum Gasteiger partial charge on any atom is 0.416 e. The van der Waals surface area contributed by atoms with E-state index in [1.165, 1.54) is 24.3 Å². The number of aliphatic hydroxyl groups is 1. The summed E-state index contributed by atoms with van der Waals surface area (Å²) < 4.78 is 39.1. The number of halogens is 5. The summed E-state index contributed by atoms with van der Waals surface area (Å²) in [5.41, 5.74) is -0.958. The molecule has 0 fully saturated rings. The highest BCUT2D eigenvalue weighted by Crippen LogP contribution is 2.41. The lowest BCUT2D eigenvalue weighted by Crippen LogP contribution is -2.12. The van der Waals surface area contributed by atoms with Crippen LogP contribution in [-0.4, -0.2) is 5.11 Å². The van der Waals surface area contributed by atoms with Crippen molar-refractivity contribution in [2.45, 2.75) is 12.3 Å². The van der Waals surface area contributed by atoms with Crippen LogP contribution < -0.4 is 0 Å². The highest BCUT2D eigenvalue weighted by Gasteiger charge is 2.35. The average Bonchev–Trinajstić information content (AvgIpc) is 2.66. The van der Waals surface area contributed by atoms with Crippen molar-refractivity contribution < 1.29 is 18.3 Å². The van der Waals surface area contributed by atoms with Crippen LogP contribution in [0.25, 0.3) is 0 Å². The molecular formula is C12H7Cl2F3OS. The summed E-state index contributed by atoms with van der Waals surface area (Å²) in [6.45, 7) is 0. The molecule has 19 heavy (non-hydrogen) atoms. The molecule has 0 amide bonds. The van der Waals surface area contributed by atoms with E-state index < -0.39 is 17.8 Å². The molecule has 0 aliphatic carbocycles. The van der Waals surface area contributed by atoms with Crippen molar-refractivity contribution >= 4 is 34.5 Å². The van der Waals surface area contributed by atoms with Crippen LogP contribution in [0, 0.1) is 0 Å². The first-order chi connectivity index (χ1) is 8.80. The van der Waals surface area contributed by atoms with Crippen molar-refractivity contribution in [2.75, 3.05) is 0 Å². The van der Waals surface area contributed by atoms with Gasteiger partial charge in [0.15, 0.2) is 0 Å². The van der Waals surface area contributed by atoms with Gasteiger partial charge in [0.1, 0.15) is 10.4 Å². The van der Waals surface area contributed by atoms with E-state index in [2.05, 4.69) is 0 Å². The zero-order chi connectivity index (χ0) is 14.2. The molecule has 0 radical (unpaired) electrons. The fourth-order valence-corrected chi connectivity index (χ4v) is 3.22. The highest BCUT2D eigenvalue weighted by atomic mass is 35.5. The summed E-state index contributed by atoms with van der Waals surface area (Å²) >= 11 is 12.6. The van der Waals surface area contributed by atoms with E-state index in [0.29, 0.717) is 4.34 Å². The minimum Gasteiger partial charge on any atom is -0.384 e. The molecule has 1 N–H and O–H groups in total. The van der Waals surface area contributed by atoms with Crippen molar-refractivity contribution in [3.05, 3.63) is 55.7 Å². The Balaban J connectivity index is 2.50. The van der Waals surface area contributed by atoms with E-state index >= 15 is 0 Å².